The van der Waals surface area contributed by atoms with E-state index in [-0.39, 0.29) is 0 Å². The lowest BCUT2D eigenvalue weighted by molar-refractivity contribution is 0.543. The van der Waals surface area contributed by atoms with E-state index in [4.69, 9.17) is 0 Å². The first-order valence-electron chi connectivity index (χ1n) is 8.24. The summed E-state index contributed by atoms with van der Waals surface area (Å²) in [7, 11) is 0.452. The molecular weight excluding hydrogens is 352 g/mol. The normalized spacial score (nSPS) is 25.1. The Morgan fingerprint density at radius 2 is 1.43 bits per heavy atom. The van der Waals surface area contributed by atoms with Gasteiger partial charge in [0.1, 0.15) is 6.83 Å². The Bertz CT molecular complexity index is 631. The van der Waals surface area contributed by atoms with E-state index in [1.807, 2.05) is 0 Å². The van der Waals surface area contributed by atoms with Crippen LogP contribution >= 0.6 is 14.4 Å². The second kappa shape index (κ2) is 6.30. The summed E-state index contributed by atoms with van der Waals surface area (Å²) in [5.74, 6) is 2.19. The molecule has 0 aliphatic carbocycles. The summed E-state index contributed by atoms with van der Waals surface area (Å²) in [6.07, 6.45) is 0. The van der Waals surface area contributed by atoms with Gasteiger partial charge in [-0.3, -0.25) is 0 Å². The molecule has 2 rings (SSSR count). The van der Waals surface area contributed by atoms with Crippen LogP contribution in [0, 0.1) is 0 Å². The number of hydrogen-bond donors (Lipinski definition) is 0. The quantitative estimate of drug-likeness (QED) is 0.489. The summed E-state index contributed by atoms with van der Waals surface area (Å²) in [6, 6.07) is 10.6. The van der Waals surface area contributed by atoms with Crippen LogP contribution < -0.4 is 5.30 Å². The van der Waals surface area contributed by atoms with Gasteiger partial charge in [-0.05, 0) is 5.30 Å². The lowest BCUT2D eigenvalue weighted by atomic mass is 10.4. The Balaban J connectivity index is 2.61. The zero-order valence-corrected chi connectivity index (χ0v) is 19.6. The first kappa shape index (κ1) is 19.2. The highest BCUT2D eigenvalue weighted by Crippen LogP contribution is 2.90. The molecule has 2 nitrogen and oxygen atoms in total. The number of hydrogen-bond acceptors (Lipinski definition) is 2. The van der Waals surface area contributed by atoms with Gasteiger partial charge in [0.15, 0.2) is 0 Å². The van der Waals surface area contributed by atoms with Crippen LogP contribution in [0.4, 0.5) is 0 Å². The van der Waals surface area contributed by atoms with Gasteiger partial charge in [-0.25, -0.2) is 0 Å². The molecule has 1 aromatic rings. The molecule has 2 atom stereocenters. The molecule has 0 aromatic heterocycles. The summed E-state index contributed by atoms with van der Waals surface area (Å²) < 4.78 is 14.3. The maximum absolute atomic E-state index is 14.3. The summed E-state index contributed by atoms with van der Waals surface area (Å²) in [5.41, 5.74) is 1.30. The first-order chi connectivity index (χ1) is 10.4. The van der Waals surface area contributed by atoms with Gasteiger partial charge in [0.2, 0.25) is 0 Å². The Morgan fingerprint density at radius 1 is 0.957 bits per heavy atom. The molecule has 1 aliphatic heterocycles. The van der Waals surface area contributed by atoms with Gasteiger partial charge in [0.25, 0.3) is 0 Å². The standard InChI is InChI=1S/C17H31NOP2Si2/c1-18(2)16-14-21(19,17(22(3,4)5)23(6,7)8)20(16)15-12-10-9-11-13-15/h9-14,17H,1-8H3/t20-,21-/m0/s1. The van der Waals surface area contributed by atoms with Crippen molar-refractivity contribution in [3.8, 4) is 0 Å². The summed E-state index contributed by atoms with van der Waals surface area (Å²) in [5, 5.41) is 1.29. The minimum absolute atomic E-state index is 0.456. The number of benzene rings is 1. The number of rotatable bonds is 5. The van der Waals surface area contributed by atoms with Gasteiger partial charge in [-0.1, -0.05) is 69.6 Å². The maximum atomic E-state index is 14.3. The molecule has 1 heterocycles. The number of nitrogens with zero attached hydrogens (tertiary/aromatic N) is 1. The van der Waals surface area contributed by atoms with Crippen molar-refractivity contribution < 1.29 is 4.57 Å². The zero-order chi connectivity index (χ0) is 17.6. The van der Waals surface area contributed by atoms with Crippen LogP contribution in [0.5, 0.6) is 0 Å². The van der Waals surface area contributed by atoms with E-state index in [0.29, 0.717) is 4.91 Å². The molecular formula is C17H31NOP2Si2. The SMILES string of the molecule is CN(C)C1=C[P@@](=O)(C([Si](C)(C)C)[Si](C)(C)C)[P@@]1c1ccccc1. The van der Waals surface area contributed by atoms with E-state index in [9.17, 15) is 4.57 Å². The molecule has 0 amide bonds. The molecule has 23 heavy (non-hydrogen) atoms. The van der Waals surface area contributed by atoms with Crippen LogP contribution in [0.15, 0.2) is 41.6 Å². The average Bonchev–Trinajstić information content (AvgIpc) is 2.33. The molecule has 0 saturated carbocycles. The monoisotopic (exact) mass is 383 g/mol. The average molecular weight is 384 g/mol. The van der Waals surface area contributed by atoms with Crippen molar-refractivity contribution in [3.63, 3.8) is 0 Å². The third-order valence-corrected chi connectivity index (χ3v) is 29.2. The highest BCUT2D eigenvalue weighted by molar-refractivity contribution is 8.42. The first-order valence-corrected chi connectivity index (χ1v) is 19.3. The van der Waals surface area contributed by atoms with Crippen LogP contribution in [0.25, 0.3) is 0 Å². The molecule has 0 unspecified atom stereocenters. The second-order valence-electron chi connectivity index (χ2n) is 8.84. The minimum Gasteiger partial charge on any atom is -0.377 e. The summed E-state index contributed by atoms with van der Waals surface area (Å²) in [6.45, 7) is 12.2. The van der Waals surface area contributed by atoms with Crippen molar-refractivity contribution in [1.29, 1.82) is 0 Å². The lowest BCUT2D eigenvalue weighted by Gasteiger charge is -2.51. The van der Waals surface area contributed by atoms with Crippen molar-refractivity contribution >= 4 is 35.9 Å². The molecule has 0 saturated heterocycles. The maximum Gasteiger partial charge on any atom is 0.138 e. The van der Waals surface area contributed by atoms with E-state index in [2.05, 4.69) is 94.4 Å². The second-order valence-corrected chi connectivity index (χ2v) is 27.8. The van der Waals surface area contributed by atoms with E-state index < -0.39 is 30.6 Å². The van der Waals surface area contributed by atoms with Crippen LogP contribution in [-0.2, 0) is 4.57 Å². The fraction of sp³-hybridized carbons (Fsp3) is 0.529. The van der Waals surface area contributed by atoms with Crippen molar-refractivity contribution in [1.82, 2.24) is 4.90 Å². The fourth-order valence-electron chi connectivity index (χ4n) is 4.17. The molecule has 0 bridgehead atoms. The highest BCUT2D eigenvalue weighted by Gasteiger charge is 2.57. The highest BCUT2D eigenvalue weighted by atomic mass is 32.1. The van der Waals surface area contributed by atoms with Gasteiger partial charge in [0.05, 0.1) is 21.6 Å². The largest absolute Gasteiger partial charge is 0.377 e. The van der Waals surface area contributed by atoms with Gasteiger partial charge in [-0.2, -0.15) is 0 Å². The predicted octanol–water partition coefficient (Wildman–Crippen LogP) is 5.57. The topological polar surface area (TPSA) is 20.3 Å². The predicted molar refractivity (Wildman–Crippen MR) is 113 cm³/mol. The minimum atomic E-state index is -2.30. The Labute approximate surface area is 145 Å². The van der Waals surface area contributed by atoms with E-state index in [0.717, 1.165) is 0 Å². The molecule has 0 radical (unpaired) electrons. The van der Waals surface area contributed by atoms with E-state index >= 15 is 0 Å². The molecule has 0 fully saturated rings. The molecule has 1 aliphatic rings. The molecule has 0 N–H and O–H groups in total. The van der Waals surface area contributed by atoms with Crippen LogP contribution in [0.3, 0.4) is 0 Å². The molecule has 1 aromatic carbocycles. The molecule has 0 spiro atoms. The van der Waals surface area contributed by atoms with Gasteiger partial charge in [-0.15, -0.1) is 0 Å². The van der Waals surface area contributed by atoms with Crippen LogP contribution in [0.1, 0.15) is 0 Å². The van der Waals surface area contributed by atoms with Crippen molar-refractivity contribution in [2.45, 2.75) is 44.2 Å². The van der Waals surface area contributed by atoms with Gasteiger partial charge >= 0.3 is 0 Å². The van der Waals surface area contributed by atoms with E-state index in [1.54, 1.807) is 0 Å². The lowest BCUT2D eigenvalue weighted by Crippen LogP contribution is -2.54. The Morgan fingerprint density at radius 3 is 1.83 bits per heavy atom. The molecule has 6 heteroatoms. The zero-order valence-electron chi connectivity index (χ0n) is 15.8. The summed E-state index contributed by atoms with van der Waals surface area (Å²) in [4.78, 5) is 2.64. The van der Waals surface area contributed by atoms with Crippen LogP contribution in [0.2, 0.25) is 39.3 Å². The van der Waals surface area contributed by atoms with Gasteiger partial charge < -0.3 is 9.46 Å². The third-order valence-electron chi connectivity index (χ3n) is 4.30. The summed E-state index contributed by atoms with van der Waals surface area (Å²) >= 11 is 0. The third kappa shape index (κ3) is 3.61. The van der Waals surface area contributed by atoms with Gasteiger partial charge in [0, 0.05) is 32.4 Å². The van der Waals surface area contributed by atoms with Crippen molar-refractivity contribution in [3.05, 3.63) is 41.6 Å². The fourth-order valence-corrected chi connectivity index (χ4v) is 39.7. The Hall–Kier alpha value is -0.146. The molecule has 128 valence electrons. The Kier molecular flexibility index (Phi) is 5.25. The van der Waals surface area contributed by atoms with Crippen molar-refractivity contribution in [2.75, 3.05) is 14.1 Å². The van der Waals surface area contributed by atoms with Crippen LogP contribution in [-0.4, -0.2) is 40.0 Å². The smallest absolute Gasteiger partial charge is 0.138 e. The van der Waals surface area contributed by atoms with E-state index in [1.165, 1.54) is 10.7 Å². The van der Waals surface area contributed by atoms with Crippen molar-refractivity contribution in [2.24, 2.45) is 0 Å².